The first-order valence-electron chi connectivity index (χ1n) is 8.54. The second kappa shape index (κ2) is 8.88. The summed E-state index contributed by atoms with van der Waals surface area (Å²) in [5, 5.41) is 23.0. The molecule has 0 bridgehead atoms. The van der Waals surface area contributed by atoms with Crippen molar-refractivity contribution in [3.63, 3.8) is 0 Å². The fourth-order valence-corrected chi connectivity index (χ4v) is 2.91. The number of carboxylic acids is 2. The lowest BCUT2D eigenvalue weighted by atomic mass is 10.1. The third-order valence-corrected chi connectivity index (χ3v) is 4.16. The summed E-state index contributed by atoms with van der Waals surface area (Å²) in [6, 6.07) is 9.26. The normalized spacial score (nSPS) is 10.3. The molecule has 2 aromatic rings. The molecular weight excluding hydrogens is 350 g/mol. The van der Waals surface area contributed by atoms with Gasteiger partial charge in [-0.1, -0.05) is 19.1 Å². The Labute approximate surface area is 157 Å². The lowest BCUT2D eigenvalue weighted by Gasteiger charge is -2.27. The SMILES string of the molecule is CCC(=C(C(=O)O)C(=O)O)N(CC)c1ccnn1Cc1ccc(OC)cc1. The monoisotopic (exact) mass is 373 g/mol. The van der Waals surface area contributed by atoms with Gasteiger partial charge in [0.1, 0.15) is 11.6 Å². The lowest BCUT2D eigenvalue weighted by Crippen LogP contribution is -2.29. The van der Waals surface area contributed by atoms with Crippen LogP contribution in [-0.4, -0.2) is 45.6 Å². The highest BCUT2D eigenvalue weighted by Gasteiger charge is 2.26. The first-order valence-corrected chi connectivity index (χ1v) is 8.54. The Morgan fingerprint density at radius 2 is 1.74 bits per heavy atom. The number of methoxy groups -OCH3 is 1. The zero-order chi connectivity index (χ0) is 20.0. The minimum Gasteiger partial charge on any atom is -0.497 e. The Morgan fingerprint density at radius 1 is 1.11 bits per heavy atom. The molecule has 0 atom stereocenters. The zero-order valence-corrected chi connectivity index (χ0v) is 15.5. The van der Waals surface area contributed by atoms with Crippen molar-refractivity contribution in [1.29, 1.82) is 0 Å². The second-order valence-corrected chi connectivity index (χ2v) is 5.72. The minimum absolute atomic E-state index is 0.231. The summed E-state index contributed by atoms with van der Waals surface area (Å²) in [5.41, 5.74) is 0.584. The number of carbonyl (C=O) groups is 2. The van der Waals surface area contributed by atoms with Crippen LogP contribution in [0.15, 0.2) is 47.8 Å². The maximum Gasteiger partial charge on any atom is 0.344 e. The molecule has 0 radical (unpaired) electrons. The Morgan fingerprint density at radius 3 is 2.22 bits per heavy atom. The van der Waals surface area contributed by atoms with Crippen molar-refractivity contribution >= 4 is 17.8 Å². The number of allylic oxidation sites excluding steroid dienone is 1. The van der Waals surface area contributed by atoms with Gasteiger partial charge in [0.2, 0.25) is 0 Å². The highest BCUT2D eigenvalue weighted by Crippen LogP contribution is 2.25. The molecule has 0 aliphatic carbocycles. The topological polar surface area (TPSA) is 105 Å². The summed E-state index contributed by atoms with van der Waals surface area (Å²) in [4.78, 5) is 24.6. The maximum atomic E-state index is 11.5. The number of anilines is 1. The second-order valence-electron chi connectivity index (χ2n) is 5.72. The van der Waals surface area contributed by atoms with Crippen molar-refractivity contribution in [1.82, 2.24) is 9.78 Å². The molecule has 0 unspecified atom stereocenters. The van der Waals surface area contributed by atoms with Crippen LogP contribution in [0.2, 0.25) is 0 Å². The average molecular weight is 373 g/mol. The van der Waals surface area contributed by atoms with E-state index < -0.39 is 17.5 Å². The molecule has 2 rings (SSSR count). The van der Waals surface area contributed by atoms with Gasteiger partial charge in [-0.15, -0.1) is 0 Å². The Balaban J connectivity index is 2.43. The van der Waals surface area contributed by atoms with E-state index in [9.17, 15) is 19.8 Å². The van der Waals surface area contributed by atoms with E-state index >= 15 is 0 Å². The van der Waals surface area contributed by atoms with Crippen LogP contribution < -0.4 is 9.64 Å². The number of rotatable bonds is 9. The molecule has 1 aromatic carbocycles. The first-order chi connectivity index (χ1) is 12.9. The molecule has 0 fully saturated rings. The smallest absolute Gasteiger partial charge is 0.344 e. The van der Waals surface area contributed by atoms with Gasteiger partial charge in [-0.05, 0) is 31.0 Å². The van der Waals surface area contributed by atoms with Crippen LogP contribution in [0.25, 0.3) is 0 Å². The van der Waals surface area contributed by atoms with Crippen molar-refractivity contribution < 1.29 is 24.5 Å². The molecule has 0 saturated carbocycles. The lowest BCUT2D eigenvalue weighted by molar-refractivity contribution is -0.140. The quantitative estimate of drug-likeness (QED) is 0.395. The zero-order valence-electron chi connectivity index (χ0n) is 15.5. The molecule has 0 aliphatic heterocycles. The van der Waals surface area contributed by atoms with Crippen LogP contribution in [-0.2, 0) is 16.1 Å². The summed E-state index contributed by atoms with van der Waals surface area (Å²) in [5.74, 6) is -1.54. The molecule has 0 spiro atoms. The van der Waals surface area contributed by atoms with E-state index in [1.165, 1.54) is 0 Å². The van der Waals surface area contributed by atoms with Gasteiger partial charge in [0.25, 0.3) is 0 Å². The van der Waals surface area contributed by atoms with Crippen LogP contribution in [0.4, 0.5) is 5.82 Å². The van der Waals surface area contributed by atoms with Crippen molar-refractivity contribution in [3.8, 4) is 5.75 Å². The highest BCUT2D eigenvalue weighted by atomic mass is 16.5. The predicted molar refractivity (Wildman–Crippen MR) is 99.9 cm³/mol. The Kier molecular flexibility index (Phi) is 6.59. The van der Waals surface area contributed by atoms with Gasteiger partial charge in [0.05, 0.1) is 19.9 Å². The number of ether oxygens (including phenoxy) is 1. The fraction of sp³-hybridized carbons (Fsp3) is 0.316. The van der Waals surface area contributed by atoms with E-state index in [4.69, 9.17) is 4.74 Å². The molecule has 2 N–H and O–H groups in total. The van der Waals surface area contributed by atoms with E-state index in [1.807, 2.05) is 31.2 Å². The molecule has 27 heavy (non-hydrogen) atoms. The van der Waals surface area contributed by atoms with Gasteiger partial charge < -0.3 is 19.8 Å². The first kappa shape index (κ1) is 20.0. The van der Waals surface area contributed by atoms with Gasteiger partial charge in [-0.2, -0.15) is 5.10 Å². The molecule has 0 aliphatic rings. The maximum absolute atomic E-state index is 11.5. The fourth-order valence-electron chi connectivity index (χ4n) is 2.91. The number of aromatic nitrogens is 2. The van der Waals surface area contributed by atoms with Gasteiger partial charge >= 0.3 is 11.9 Å². The molecule has 8 heteroatoms. The Hall–Kier alpha value is -3.29. The van der Waals surface area contributed by atoms with E-state index in [-0.39, 0.29) is 12.1 Å². The number of nitrogens with zero attached hydrogens (tertiary/aromatic N) is 3. The van der Waals surface area contributed by atoms with Gasteiger partial charge in [-0.25, -0.2) is 14.3 Å². The van der Waals surface area contributed by atoms with E-state index in [2.05, 4.69) is 5.10 Å². The highest BCUT2D eigenvalue weighted by molar-refractivity contribution is 6.13. The third kappa shape index (κ3) is 4.46. The number of hydrogen-bond donors (Lipinski definition) is 2. The van der Waals surface area contributed by atoms with Crippen LogP contribution in [0, 0.1) is 0 Å². The summed E-state index contributed by atoms with van der Waals surface area (Å²) in [6.07, 6.45) is 1.87. The van der Waals surface area contributed by atoms with E-state index in [1.54, 1.807) is 35.9 Å². The standard InChI is InChI=1S/C19H23N3O5/c1-4-15(17(18(23)24)19(25)26)21(5-2)16-10-11-20-22(16)12-13-6-8-14(27-3)9-7-13/h6-11H,4-5,12H2,1-3H3,(H,23,24)(H,25,26). The molecule has 144 valence electrons. The molecule has 1 aromatic heterocycles. The predicted octanol–water partition coefficient (Wildman–Crippen LogP) is 2.60. The van der Waals surface area contributed by atoms with Crippen LogP contribution in [0.1, 0.15) is 25.8 Å². The summed E-state index contributed by atoms with van der Waals surface area (Å²) < 4.78 is 6.86. The molecule has 1 heterocycles. The summed E-state index contributed by atoms with van der Waals surface area (Å²) >= 11 is 0. The van der Waals surface area contributed by atoms with Crippen molar-refractivity contribution in [3.05, 3.63) is 53.4 Å². The largest absolute Gasteiger partial charge is 0.497 e. The number of benzene rings is 1. The van der Waals surface area contributed by atoms with Crippen LogP contribution in [0.5, 0.6) is 5.75 Å². The van der Waals surface area contributed by atoms with Crippen LogP contribution in [0.3, 0.4) is 0 Å². The summed E-state index contributed by atoms with van der Waals surface area (Å²) in [6.45, 7) is 4.42. The molecule has 0 amide bonds. The summed E-state index contributed by atoms with van der Waals surface area (Å²) in [7, 11) is 1.60. The number of hydrogen-bond acceptors (Lipinski definition) is 5. The van der Waals surface area contributed by atoms with Crippen molar-refractivity contribution in [2.45, 2.75) is 26.8 Å². The number of carboxylic acid groups (broad SMARTS) is 2. The van der Waals surface area contributed by atoms with Gasteiger partial charge in [-0.3, -0.25) is 0 Å². The number of aliphatic carboxylic acids is 2. The molecule has 0 saturated heterocycles. The van der Waals surface area contributed by atoms with E-state index in [0.29, 0.717) is 18.9 Å². The minimum atomic E-state index is -1.46. The van der Waals surface area contributed by atoms with Crippen molar-refractivity contribution in [2.24, 2.45) is 0 Å². The molecule has 8 nitrogen and oxygen atoms in total. The average Bonchev–Trinajstić information content (AvgIpc) is 3.09. The van der Waals surface area contributed by atoms with Gasteiger partial charge in [0, 0.05) is 18.3 Å². The Bertz CT molecular complexity index is 823. The van der Waals surface area contributed by atoms with Crippen LogP contribution >= 0.6 is 0 Å². The third-order valence-electron chi connectivity index (χ3n) is 4.16. The van der Waals surface area contributed by atoms with Crippen molar-refractivity contribution in [2.75, 3.05) is 18.6 Å². The molecular formula is C19H23N3O5. The van der Waals surface area contributed by atoms with Gasteiger partial charge in [0.15, 0.2) is 5.57 Å². The van der Waals surface area contributed by atoms with E-state index in [0.717, 1.165) is 11.3 Å².